The van der Waals surface area contributed by atoms with Gasteiger partial charge < -0.3 is 13.9 Å². The van der Waals surface area contributed by atoms with Crippen molar-refractivity contribution in [3.8, 4) is 0 Å². The molecular formula is C32H37F3O7S2Si. The van der Waals surface area contributed by atoms with Gasteiger partial charge in [-0.15, -0.1) is 11.8 Å². The third kappa shape index (κ3) is 7.49. The van der Waals surface area contributed by atoms with Gasteiger partial charge in [0.25, 0.3) is 8.32 Å². The Kier molecular flexibility index (Phi) is 10.9. The SMILES string of the molecule is CS[C@@H]1OC(CO[Si](c2ccccc2)(c2ccccc2)C(C)(C)C)[C@@H](OS(=O)(=O)C(F)(F)F)[C@H](OC(=O)c2ccccc2)C1C. The van der Waals surface area contributed by atoms with E-state index in [1.54, 1.807) is 31.4 Å². The number of alkyl halides is 3. The third-order valence-corrected chi connectivity index (χ3v) is 14.9. The second-order valence-corrected chi connectivity index (χ2v) is 18.6. The smallest absolute Gasteiger partial charge is 0.455 e. The second-order valence-electron chi connectivity index (χ2n) is 11.8. The fourth-order valence-electron chi connectivity index (χ4n) is 5.67. The van der Waals surface area contributed by atoms with E-state index in [9.17, 15) is 26.4 Å². The van der Waals surface area contributed by atoms with Crippen molar-refractivity contribution in [2.45, 2.75) is 62.0 Å². The summed E-state index contributed by atoms with van der Waals surface area (Å²) in [6.45, 7) is 7.36. The zero-order valence-corrected chi connectivity index (χ0v) is 28.2. The summed E-state index contributed by atoms with van der Waals surface area (Å²) in [4.78, 5) is 13.2. The molecule has 2 unspecified atom stereocenters. The molecule has 0 bridgehead atoms. The molecule has 1 aliphatic rings. The van der Waals surface area contributed by atoms with Crippen LogP contribution in [0.4, 0.5) is 13.2 Å². The highest BCUT2D eigenvalue weighted by atomic mass is 32.2. The van der Waals surface area contributed by atoms with Crippen LogP contribution in [0.15, 0.2) is 91.0 Å². The molecule has 7 nitrogen and oxygen atoms in total. The molecule has 0 aliphatic carbocycles. The van der Waals surface area contributed by atoms with Crippen LogP contribution in [0.1, 0.15) is 38.1 Å². The van der Waals surface area contributed by atoms with Gasteiger partial charge in [0.05, 0.1) is 12.2 Å². The van der Waals surface area contributed by atoms with Gasteiger partial charge in [0.2, 0.25) is 0 Å². The second kappa shape index (κ2) is 14.0. The summed E-state index contributed by atoms with van der Waals surface area (Å²) in [5.41, 5.74) is -6.25. The average Bonchev–Trinajstić information content (AvgIpc) is 3.00. The van der Waals surface area contributed by atoms with Crippen LogP contribution >= 0.6 is 11.8 Å². The molecule has 13 heteroatoms. The van der Waals surface area contributed by atoms with Crippen LogP contribution in [0.5, 0.6) is 0 Å². The summed E-state index contributed by atoms with van der Waals surface area (Å²) >= 11 is 1.26. The lowest BCUT2D eigenvalue weighted by atomic mass is 9.93. The van der Waals surface area contributed by atoms with E-state index < -0.39 is 64.6 Å². The van der Waals surface area contributed by atoms with E-state index in [1.165, 1.54) is 23.9 Å². The van der Waals surface area contributed by atoms with Gasteiger partial charge in [-0.3, -0.25) is 4.18 Å². The lowest BCUT2D eigenvalue weighted by molar-refractivity contribution is -0.175. The molecule has 0 amide bonds. The quantitative estimate of drug-likeness (QED) is 0.116. The molecule has 4 rings (SSSR count). The average molecular weight is 683 g/mol. The number of rotatable bonds is 10. The molecule has 3 aromatic rings. The number of esters is 1. The minimum atomic E-state index is -6.12. The van der Waals surface area contributed by atoms with Gasteiger partial charge >= 0.3 is 21.6 Å². The summed E-state index contributed by atoms with van der Waals surface area (Å²) in [5, 5.41) is 1.31. The van der Waals surface area contributed by atoms with E-state index in [-0.39, 0.29) is 12.2 Å². The molecule has 1 aliphatic heterocycles. The van der Waals surface area contributed by atoms with Gasteiger partial charge in [-0.05, 0) is 33.8 Å². The Morgan fingerprint density at radius 1 is 0.867 bits per heavy atom. The van der Waals surface area contributed by atoms with E-state index in [4.69, 9.17) is 18.1 Å². The van der Waals surface area contributed by atoms with Crippen molar-refractivity contribution in [2.75, 3.05) is 12.9 Å². The maximum Gasteiger partial charge on any atom is 0.523 e. The normalized spacial score (nSPS) is 23.0. The van der Waals surface area contributed by atoms with Crippen molar-refractivity contribution < 1.29 is 44.5 Å². The highest BCUT2D eigenvalue weighted by Gasteiger charge is 2.56. The third-order valence-electron chi connectivity index (χ3n) is 7.83. The van der Waals surface area contributed by atoms with Crippen LogP contribution in [-0.2, 0) is 28.2 Å². The summed E-state index contributed by atoms with van der Waals surface area (Å²) in [6, 6.07) is 27.0. The van der Waals surface area contributed by atoms with Crippen molar-refractivity contribution in [3.63, 3.8) is 0 Å². The molecule has 3 aromatic carbocycles. The highest BCUT2D eigenvalue weighted by molar-refractivity contribution is 7.99. The first kappa shape index (κ1) is 35.2. The fourth-order valence-corrected chi connectivity index (χ4v) is 11.7. The van der Waals surface area contributed by atoms with Gasteiger partial charge in [-0.25, -0.2) is 4.79 Å². The molecule has 244 valence electrons. The zero-order chi connectivity index (χ0) is 33.0. The van der Waals surface area contributed by atoms with Crippen molar-refractivity contribution in [3.05, 3.63) is 96.6 Å². The standard InChI is InChI=1S/C32H37F3O7S2Si/c1-22-27(41-29(36)23-15-9-6-10-16-23)28(42-44(37,38)32(33,34)35)26(40-30(22)43-5)21-39-45(31(2,3)4,24-17-11-7-12-18-24)25-19-13-8-14-20-25/h6-20,22,26-28,30H,21H2,1-5H3/t22?,26?,27-,28-,30+/m1/s1. The Labute approximate surface area is 267 Å². The van der Waals surface area contributed by atoms with Crippen molar-refractivity contribution in [1.29, 1.82) is 0 Å². The van der Waals surface area contributed by atoms with Gasteiger partial charge in [0, 0.05) is 5.92 Å². The van der Waals surface area contributed by atoms with E-state index >= 15 is 0 Å². The Hall–Kier alpha value is -2.68. The van der Waals surface area contributed by atoms with Crippen LogP contribution < -0.4 is 10.4 Å². The molecule has 0 radical (unpaired) electrons. The summed E-state index contributed by atoms with van der Waals surface area (Å²) in [5.74, 6) is -1.58. The highest BCUT2D eigenvalue weighted by Crippen LogP contribution is 2.41. The Balaban J connectivity index is 1.80. The number of ether oxygens (including phenoxy) is 2. The fraction of sp³-hybridized carbons (Fsp3) is 0.406. The van der Waals surface area contributed by atoms with Gasteiger partial charge in [-0.2, -0.15) is 21.6 Å². The van der Waals surface area contributed by atoms with Crippen molar-refractivity contribution in [2.24, 2.45) is 5.92 Å². The molecule has 0 N–H and O–H groups in total. The van der Waals surface area contributed by atoms with Crippen molar-refractivity contribution in [1.82, 2.24) is 0 Å². The topological polar surface area (TPSA) is 88.1 Å². The minimum absolute atomic E-state index is 0.148. The Morgan fingerprint density at radius 2 is 1.36 bits per heavy atom. The van der Waals surface area contributed by atoms with Crippen LogP contribution in [0.2, 0.25) is 5.04 Å². The number of thioether (sulfide) groups is 1. The summed E-state index contributed by atoms with van der Waals surface area (Å²) in [6.07, 6.45) is -2.90. The van der Waals surface area contributed by atoms with Gasteiger partial charge in [0.1, 0.15) is 23.7 Å². The number of hydrogen-bond donors (Lipinski definition) is 0. The minimum Gasteiger partial charge on any atom is -0.455 e. The number of benzene rings is 3. The lowest BCUT2D eigenvalue weighted by Crippen LogP contribution is -2.68. The molecule has 45 heavy (non-hydrogen) atoms. The number of halogens is 3. The van der Waals surface area contributed by atoms with Crippen molar-refractivity contribution >= 4 is 46.5 Å². The van der Waals surface area contributed by atoms with Crippen LogP contribution in [0.25, 0.3) is 0 Å². The van der Waals surface area contributed by atoms with E-state index in [1.807, 2.05) is 81.4 Å². The lowest BCUT2D eigenvalue weighted by Gasteiger charge is -2.47. The number of carbonyl (C=O) groups is 1. The first-order chi connectivity index (χ1) is 21.1. The van der Waals surface area contributed by atoms with Crippen LogP contribution in [-0.4, -0.2) is 64.8 Å². The molecule has 1 saturated heterocycles. The van der Waals surface area contributed by atoms with E-state index in [0.717, 1.165) is 10.4 Å². The number of carbonyl (C=O) groups excluding carboxylic acids is 1. The van der Waals surface area contributed by atoms with Gasteiger partial charge in [-0.1, -0.05) is 107 Å². The Morgan fingerprint density at radius 3 is 1.80 bits per heavy atom. The predicted molar refractivity (Wildman–Crippen MR) is 170 cm³/mol. The maximum atomic E-state index is 13.7. The molecule has 5 atom stereocenters. The predicted octanol–water partition coefficient (Wildman–Crippen LogP) is 5.75. The first-order valence-corrected chi connectivity index (χ1v) is 18.9. The zero-order valence-electron chi connectivity index (χ0n) is 25.6. The number of hydrogen-bond acceptors (Lipinski definition) is 8. The van der Waals surface area contributed by atoms with E-state index in [0.29, 0.717) is 0 Å². The largest absolute Gasteiger partial charge is 0.523 e. The summed E-state index contributed by atoms with van der Waals surface area (Å²) in [7, 11) is -9.36. The van der Waals surface area contributed by atoms with Crippen LogP contribution in [0.3, 0.4) is 0 Å². The molecule has 0 aromatic heterocycles. The summed E-state index contributed by atoms with van der Waals surface area (Å²) < 4.78 is 89.8. The molecular weight excluding hydrogens is 646 g/mol. The molecule has 0 saturated carbocycles. The monoisotopic (exact) mass is 682 g/mol. The van der Waals surface area contributed by atoms with Gasteiger partial charge in [0.15, 0.2) is 0 Å². The van der Waals surface area contributed by atoms with E-state index in [2.05, 4.69) is 0 Å². The maximum absolute atomic E-state index is 13.7. The molecule has 1 heterocycles. The van der Waals surface area contributed by atoms with Crippen LogP contribution in [0, 0.1) is 5.92 Å². The Bertz CT molecular complexity index is 1480. The first-order valence-electron chi connectivity index (χ1n) is 14.3. The molecule has 1 fully saturated rings. The molecule has 0 spiro atoms.